The highest BCUT2D eigenvalue weighted by Gasteiger charge is 2.33. The monoisotopic (exact) mass is 601 g/mol. The largest absolute Gasteiger partial charge is 0.497 e. The van der Waals surface area contributed by atoms with Crippen molar-refractivity contribution in [2.45, 2.75) is 50.7 Å². The average molecular weight is 602 g/mol. The van der Waals surface area contributed by atoms with Crippen LogP contribution in [0.3, 0.4) is 0 Å². The van der Waals surface area contributed by atoms with Gasteiger partial charge in [-0.1, -0.05) is 48.9 Å². The Morgan fingerprint density at radius 1 is 0.951 bits per heavy atom. The van der Waals surface area contributed by atoms with E-state index in [9.17, 15) is 18.0 Å². The van der Waals surface area contributed by atoms with Crippen molar-refractivity contribution in [2.75, 3.05) is 25.1 Å². The molecule has 3 aromatic rings. The number of sulfonamides is 1. The summed E-state index contributed by atoms with van der Waals surface area (Å²) < 4.78 is 39.3. The highest BCUT2D eigenvalue weighted by atomic mass is 35.5. The van der Waals surface area contributed by atoms with E-state index in [4.69, 9.17) is 21.1 Å². The van der Waals surface area contributed by atoms with Gasteiger partial charge in [-0.2, -0.15) is 0 Å². The first kappa shape index (κ1) is 31.8. The first-order valence-corrected chi connectivity index (χ1v) is 15.0. The van der Waals surface area contributed by atoms with Crippen molar-refractivity contribution in [3.8, 4) is 11.5 Å². The van der Waals surface area contributed by atoms with E-state index in [0.29, 0.717) is 23.5 Å². The van der Waals surface area contributed by atoms with Crippen LogP contribution in [0, 0.1) is 0 Å². The summed E-state index contributed by atoms with van der Waals surface area (Å²) in [6.45, 7) is 4.91. The van der Waals surface area contributed by atoms with Crippen LogP contribution in [0.15, 0.2) is 77.7 Å². The standard InChI is InChI=1S/C30H36ClN3O6S/c1-6-21(2)32-30(36)22(3)33(19-23-11-10-12-25(17-23)39-4)29(35)20-34(24-15-16-28(40-5)27(31)18-24)41(37,38)26-13-8-7-9-14-26/h7-18,21-22H,6,19-20H2,1-5H3,(H,32,36)/t21-,22+/m1/s1. The molecule has 2 amide bonds. The Bertz CT molecular complexity index is 1450. The van der Waals surface area contributed by atoms with E-state index < -0.39 is 28.5 Å². The molecule has 0 aliphatic carbocycles. The lowest BCUT2D eigenvalue weighted by Crippen LogP contribution is -2.52. The highest BCUT2D eigenvalue weighted by Crippen LogP contribution is 2.32. The predicted molar refractivity (Wildman–Crippen MR) is 160 cm³/mol. The summed E-state index contributed by atoms with van der Waals surface area (Å²) in [4.78, 5) is 28.6. The van der Waals surface area contributed by atoms with Crippen LogP contribution in [0.1, 0.15) is 32.8 Å². The van der Waals surface area contributed by atoms with Gasteiger partial charge in [0.25, 0.3) is 10.0 Å². The molecule has 9 nitrogen and oxygen atoms in total. The number of amides is 2. The van der Waals surface area contributed by atoms with Crippen LogP contribution in [-0.2, 0) is 26.2 Å². The maximum atomic E-state index is 14.0. The van der Waals surface area contributed by atoms with Crippen molar-refractivity contribution in [2.24, 2.45) is 0 Å². The lowest BCUT2D eigenvalue weighted by molar-refractivity contribution is -0.139. The number of rotatable bonds is 13. The normalized spacial score (nSPS) is 12.6. The number of halogens is 1. The van der Waals surface area contributed by atoms with Crippen molar-refractivity contribution in [3.05, 3.63) is 83.4 Å². The molecule has 0 fully saturated rings. The minimum absolute atomic E-state index is 0.00153. The molecule has 3 rings (SSSR count). The van der Waals surface area contributed by atoms with Crippen molar-refractivity contribution in [1.29, 1.82) is 0 Å². The van der Waals surface area contributed by atoms with Gasteiger partial charge in [-0.15, -0.1) is 0 Å². The lowest BCUT2D eigenvalue weighted by Gasteiger charge is -2.32. The number of anilines is 1. The topological polar surface area (TPSA) is 105 Å². The fourth-order valence-electron chi connectivity index (χ4n) is 4.07. The van der Waals surface area contributed by atoms with Gasteiger partial charge in [0.2, 0.25) is 11.8 Å². The molecule has 0 saturated heterocycles. The summed E-state index contributed by atoms with van der Waals surface area (Å²) in [6, 6.07) is 18.4. The maximum absolute atomic E-state index is 14.0. The molecule has 0 heterocycles. The van der Waals surface area contributed by atoms with E-state index >= 15 is 0 Å². The fourth-order valence-corrected chi connectivity index (χ4v) is 5.75. The Labute approximate surface area is 247 Å². The highest BCUT2D eigenvalue weighted by molar-refractivity contribution is 7.92. The van der Waals surface area contributed by atoms with Crippen LogP contribution in [0.25, 0.3) is 0 Å². The SMILES string of the molecule is CC[C@@H](C)NC(=O)[C@H](C)N(Cc1cccc(OC)c1)C(=O)CN(c1ccc(OC)c(Cl)c1)S(=O)(=O)c1ccccc1. The van der Waals surface area contributed by atoms with Crippen molar-refractivity contribution >= 4 is 39.1 Å². The Balaban J connectivity index is 2.06. The van der Waals surface area contributed by atoms with Gasteiger partial charge < -0.3 is 19.7 Å². The number of nitrogens with one attached hydrogen (secondary N) is 1. The lowest BCUT2D eigenvalue weighted by atomic mass is 10.1. The molecule has 0 saturated carbocycles. The molecule has 0 unspecified atom stereocenters. The molecular formula is C30H36ClN3O6S. The third-order valence-corrected chi connectivity index (χ3v) is 8.77. The summed E-state index contributed by atoms with van der Waals surface area (Å²) in [6.07, 6.45) is 0.712. The number of benzene rings is 3. The smallest absolute Gasteiger partial charge is 0.264 e. The minimum Gasteiger partial charge on any atom is -0.497 e. The van der Waals surface area contributed by atoms with Gasteiger partial charge in [-0.05, 0) is 68.3 Å². The van der Waals surface area contributed by atoms with Crippen LogP contribution in [0.4, 0.5) is 5.69 Å². The summed E-state index contributed by atoms with van der Waals surface area (Å²) in [7, 11) is -1.22. The molecule has 0 bridgehead atoms. The van der Waals surface area contributed by atoms with E-state index in [1.54, 1.807) is 43.3 Å². The van der Waals surface area contributed by atoms with E-state index in [2.05, 4.69) is 5.32 Å². The Kier molecular flexibility index (Phi) is 11.0. The zero-order valence-electron chi connectivity index (χ0n) is 23.8. The van der Waals surface area contributed by atoms with Crippen LogP contribution in [-0.4, -0.2) is 58.0 Å². The van der Waals surface area contributed by atoms with Crippen LogP contribution in [0.2, 0.25) is 5.02 Å². The van der Waals surface area contributed by atoms with Gasteiger partial charge in [0, 0.05) is 12.6 Å². The van der Waals surface area contributed by atoms with E-state index in [0.717, 1.165) is 4.31 Å². The van der Waals surface area contributed by atoms with Crippen molar-refractivity contribution < 1.29 is 27.5 Å². The Morgan fingerprint density at radius 3 is 2.27 bits per heavy atom. The summed E-state index contributed by atoms with van der Waals surface area (Å²) in [5.74, 6) is 0.0215. The third kappa shape index (κ3) is 7.92. The van der Waals surface area contributed by atoms with E-state index in [-0.39, 0.29) is 34.1 Å². The maximum Gasteiger partial charge on any atom is 0.264 e. The van der Waals surface area contributed by atoms with Gasteiger partial charge in [0.15, 0.2) is 0 Å². The van der Waals surface area contributed by atoms with Gasteiger partial charge >= 0.3 is 0 Å². The first-order valence-electron chi connectivity index (χ1n) is 13.2. The zero-order chi connectivity index (χ0) is 30.2. The molecule has 11 heteroatoms. The predicted octanol–water partition coefficient (Wildman–Crippen LogP) is 4.88. The molecule has 3 aromatic carbocycles. The van der Waals surface area contributed by atoms with Crippen LogP contribution in [0.5, 0.6) is 11.5 Å². The van der Waals surface area contributed by atoms with Gasteiger partial charge in [-0.25, -0.2) is 8.42 Å². The van der Waals surface area contributed by atoms with Crippen LogP contribution < -0.4 is 19.1 Å². The minimum atomic E-state index is -4.21. The van der Waals surface area contributed by atoms with Crippen LogP contribution >= 0.6 is 11.6 Å². The summed E-state index contributed by atoms with van der Waals surface area (Å²) in [5, 5.41) is 3.09. The number of carbonyl (C=O) groups is 2. The molecule has 0 aromatic heterocycles. The van der Waals surface area contributed by atoms with E-state index in [1.165, 1.54) is 49.5 Å². The number of ether oxygens (including phenoxy) is 2. The fraction of sp³-hybridized carbons (Fsp3) is 0.333. The summed E-state index contributed by atoms with van der Waals surface area (Å²) >= 11 is 6.35. The number of nitrogens with zero attached hydrogens (tertiary/aromatic N) is 2. The average Bonchev–Trinajstić information content (AvgIpc) is 2.98. The number of methoxy groups -OCH3 is 2. The second-order valence-electron chi connectivity index (χ2n) is 9.51. The molecule has 0 radical (unpaired) electrons. The molecule has 0 aliphatic rings. The Hall–Kier alpha value is -3.76. The van der Waals surface area contributed by atoms with Gasteiger partial charge in [0.05, 0.1) is 29.8 Å². The van der Waals surface area contributed by atoms with Crippen molar-refractivity contribution in [3.63, 3.8) is 0 Å². The second kappa shape index (κ2) is 14.2. The second-order valence-corrected chi connectivity index (χ2v) is 11.8. The third-order valence-electron chi connectivity index (χ3n) is 6.69. The van der Waals surface area contributed by atoms with Gasteiger partial charge in [0.1, 0.15) is 24.1 Å². The molecule has 1 N–H and O–H groups in total. The molecule has 0 spiro atoms. The number of hydrogen-bond donors (Lipinski definition) is 1. The van der Waals surface area contributed by atoms with Crippen molar-refractivity contribution in [1.82, 2.24) is 10.2 Å². The molecule has 0 aliphatic heterocycles. The van der Waals surface area contributed by atoms with Gasteiger partial charge in [-0.3, -0.25) is 13.9 Å². The number of carbonyl (C=O) groups excluding carboxylic acids is 2. The first-order chi connectivity index (χ1) is 19.5. The van der Waals surface area contributed by atoms with E-state index in [1.807, 2.05) is 19.9 Å². The molecular weight excluding hydrogens is 566 g/mol. The summed E-state index contributed by atoms with van der Waals surface area (Å²) in [5.41, 5.74) is 0.886. The number of hydrogen-bond acceptors (Lipinski definition) is 6. The molecule has 220 valence electrons. The Morgan fingerprint density at radius 2 is 1.66 bits per heavy atom. The zero-order valence-corrected chi connectivity index (χ0v) is 25.4. The molecule has 41 heavy (non-hydrogen) atoms. The molecule has 2 atom stereocenters. The quantitative estimate of drug-likeness (QED) is 0.299.